The van der Waals surface area contributed by atoms with Crippen molar-refractivity contribution in [2.45, 2.75) is 32.1 Å². The van der Waals surface area contributed by atoms with Crippen molar-refractivity contribution >= 4 is 0 Å². The highest BCUT2D eigenvalue weighted by Crippen LogP contribution is 2.38. The number of hydrogen-bond acceptors (Lipinski definition) is 3. The molecule has 3 heteroatoms. The van der Waals surface area contributed by atoms with E-state index in [4.69, 9.17) is 9.47 Å². The topological polar surface area (TPSA) is 30.5 Å². The molecule has 2 aliphatic heterocycles. The van der Waals surface area contributed by atoms with Gasteiger partial charge in [-0.25, -0.2) is 0 Å². The minimum absolute atomic E-state index is 0.366. The second kappa shape index (κ2) is 4.57. The Bertz CT molecular complexity index is 411. The molecule has 17 heavy (non-hydrogen) atoms. The van der Waals surface area contributed by atoms with Gasteiger partial charge in [0.25, 0.3) is 0 Å². The van der Waals surface area contributed by atoms with Crippen molar-refractivity contribution in [3.05, 3.63) is 23.3 Å². The van der Waals surface area contributed by atoms with Gasteiger partial charge in [-0.05, 0) is 55.0 Å². The number of fused-ring (bicyclic) bond motifs is 1. The Morgan fingerprint density at radius 2 is 2.12 bits per heavy atom. The molecule has 2 aliphatic rings. The van der Waals surface area contributed by atoms with Crippen molar-refractivity contribution in [3.63, 3.8) is 0 Å². The molecular weight excluding hydrogens is 214 g/mol. The van der Waals surface area contributed by atoms with Crippen LogP contribution in [0.5, 0.6) is 11.5 Å². The van der Waals surface area contributed by atoms with E-state index in [0.717, 1.165) is 31.0 Å². The van der Waals surface area contributed by atoms with Gasteiger partial charge in [-0.1, -0.05) is 6.92 Å². The van der Waals surface area contributed by atoms with Gasteiger partial charge in [0, 0.05) is 6.54 Å². The first-order chi connectivity index (χ1) is 8.38. The number of hydrogen-bond donors (Lipinski definition) is 1. The van der Waals surface area contributed by atoms with Crippen molar-refractivity contribution < 1.29 is 9.47 Å². The zero-order valence-corrected chi connectivity index (χ0v) is 10.3. The molecule has 0 amide bonds. The summed E-state index contributed by atoms with van der Waals surface area (Å²) in [6.45, 7) is 4.82. The molecule has 0 aromatic heterocycles. The van der Waals surface area contributed by atoms with E-state index >= 15 is 0 Å². The van der Waals surface area contributed by atoms with Gasteiger partial charge in [0.1, 0.15) is 0 Å². The Balaban J connectivity index is 1.96. The minimum atomic E-state index is 0.366. The summed E-state index contributed by atoms with van der Waals surface area (Å²) in [5, 5.41) is 3.48. The molecule has 3 rings (SSSR count). The molecule has 0 bridgehead atoms. The number of piperidine rings is 1. The van der Waals surface area contributed by atoms with E-state index in [1.165, 1.54) is 24.0 Å². The van der Waals surface area contributed by atoms with Crippen molar-refractivity contribution in [1.29, 1.82) is 0 Å². The molecule has 3 nitrogen and oxygen atoms in total. The first-order valence-corrected chi connectivity index (χ1v) is 6.51. The van der Waals surface area contributed by atoms with Crippen molar-refractivity contribution in [2.24, 2.45) is 0 Å². The molecule has 0 aliphatic carbocycles. The Kier molecular flexibility index (Phi) is 2.93. The lowest BCUT2D eigenvalue weighted by Crippen LogP contribution is -2.28. The molecular formula is C14H19NO2. The summed E-state index contributed by atoms with van der Waals surface area (Å²) in [4.78, 5) is 0. The highest BCUT2D eigenvalue weighted by Gasteiger charge is 2.22. The second-order valence-corrected chi connectivity index (χ2v) is 4.80. The summed E-state index contributed by atoms with van der Waals surface area (Å²) in [5.41, 5.74) is 2.85. The van der Waals surface area contributed by atoms with E-state index in [1.807, 2.05) is 0 Å². The summed E-state index contributed by atoms with van der Waals surface area (Å²) >= 11 is 0. The van der Waals surface area contributed by atoms with Crippen molar-refractivity contribution in [2.75, 3.05) is 19.9 Å². The lowest BCUT2D eigenvalue weighted by Gasteiger charge is -2.25. The fourth-order valence-electron chi connectivity index (χ4n) is 2.80. The van der Waals surface area contributed by atoms with Crippen LogP contribution in [0.2, 0.25) is 0 Å². The molecule has 1 aromatic rings. The molecule has 2 heterocycles. The molecule has 1 N–H and O–H groups in total. The van der Waals surface area contributed by atoms with Crippen LogP contribution in [0.25, 0.3) is 0 Å². The second-order valence-electron chi connectivity index (χ2n) is 4.80. The molecule has 1 fully saturated rings. The van der Waals surface area contributed by atoms with Crippen LogP contribution in [0.15, 0.2) is 12.1 Å². The standard InChI is InChI=1S/C14H19NO2/c1-2-10-6-13-14(17-9-16-13)7-12(10)11-4-3-5-15-8-11/h6-7,11,15H,2-5,8-9H2,1H3. The van der Waals surface area contributed by atoms with Gasteiger partial charge in [0.05, 0.1) is 0 Å². The summed E-state index contributed by atoms with van der Waals surface area (Å²) in [7, 11) is 0. The Morgan fingerprint density at radius 1 is 1.29 bits per heavy atom. The summed E-state index contributed by atoms with van der Waals surface area (Å²) in [5.74, 6) is 2.46. The molecule has 0 spiro atoms. The molecule has 1 unspecified atom stereocenters. The van der Waals surface area contributed by atoms with Gasteiger partial charge < -0.3 is 14.8 Å². The molecule has 1 aromatic carbocycles. The van der Waals surface area contributed by atoms with Crippen LogP contribution in [-0.2, 0) is 6.42 Å². The first-order valence-electron chi connectivity index (χ1n) is 6.51. The van der Waals surface area contributed by atoms with Gasteiger partial charge in [-0.2, -0.15) is 0 Å². The van der Waals surface area contributed by atoms with E-state index in [9.17, 15) is 0 Å². The van der Waals surface area contributed by atoms with Crippen LogP contribution >= 0.6 is 0 Å². The van der Waals surface area contributed by atoms with E-state index in [1.54, 1.807) is 0 Å². The maximum atomic E-state index is 5.49. The smallest absolute Gasteiger partial charge is 0.231 e. The highest BCUT2D eigenvalue weighted by molar-refractivity contribution is 5.50. The third-order valence-corrected chi connectivity index (χ3v) is 3.75. The zero-order valence-electron chi connectivity index (χ0n) is 10.3. The number of nitrogens with one attached hydrogen (secondary N) is 1. The minimum Gasteiger partial charge on any atom is -0.454 e. The predicted octanol–water partition coefficient (Wildman–Crippen LogP) is 2.44. The number of benzene rings is 1. The first kappa shape index (κ1) is 10.9. The number of rotatable bonds is 2. The van der Waals surface area contributed by atoms with Crippen molar-refractivity contribution in [1.82, 2.24) is 5.32 Å². The third-order valence-electron chi connectivity index (χ3n) is 3.75. The van der Waals surface area contributed by atoms with E-state index in [2.05, 4.69) is 24.4 Å². The molecule has 0 saturated carbocycles. The van der Waals surface area contributed by atoms with Crippen LogP contribution in [0.3, 0.4) is 0 Å². The maximum Gasteiger partial charge on any atom is 0.231 e. The predicted molar refractivity (Wildman–Crippen MR) is 66.8 cm³/mol. The SMILES string of the molecule is CCc1cc2c(cc1C1CCCNC1)OCO2. The fourth-order valence-corrected chi connectivity index (χ4v) is 2.80. The van der Waals surface area contributed by atoms with E-state index < -0.39 is 0 Å². The summed E-state index contributed by atoms with van der Waals surface area (Å²) < 4.78 is 10.9. The van der Waals surface area contributed by atoms with Crippen LogP contribution in [-0.4, -0.2) is 19.9 Å². The van der Waals surface area contributed by atoms with Gasteiger partial charge in [-0.3, -0.25) is 0 Å². The Morgan fingerprint density at radius 3 is 2.82 bits per heavy atom. The summed E-state index contributed by atoms with van der Waals surface area (Å²) in [6, 6.07) is 4.35. The normalized spacial score (nSPS) is 22.8. The van der Waals surface area contributed by atoms with Crippen LogP contribution in [0.4, 0.5) is 0 Å². The van der Waals surface area contributed by atoms with Gasteiger partial charge in [0.2, 0.25) is 6.79 Å². The lowest BCUT2D eigenvalue weighted by molar-refractivity contribution is 0.174. The van der Waals surface area contributed by atoms with Crippen LogP contribution < -0.4 is 14.8 Å². The fraction of sp³-hybridized carbons (Fsp3) is 0.571. The average molecular weight is 233 g/mol. The van der Waals surface area contributed by atoms with E-state index in [-0.39, 0.29) is 0 Å². The third kappa shape index (κ3) is 2.00. The van der Waals surface area contributed by atoms with E-state index in [0.29, 0.717) is 12.7 Å². The van der Waals surface area contributed by atoms with Gasteiger partial charge in [-0.15, -0.1) is 0 Å². The van der Waals surface area contributed by atoms with Crippen molar-refractivity contribution in [3.8, 4) is 11.5 Å². The quantitative estimate of drug-likeness (QED) is 0.851. The van der Waals surface area contributed by atoms with Crippen LogP contribution in [0.1, 0.15) is 36.8 Å². The van der Waals surface area contributed by atoms with Crippen LogP contribution in [0, 0.1) is 0 Å². The van der Waals surface area contributed by atoms with Gasteiger partial charge >= 0.3 is 0 Å². The Hall–Kier alpha value is -1.22. The average Bonchev–Trinajstić information content (AvgIpc) is 2.85. The zero-order chi connectivity index (χ0) is 11.7. The maximum absolute atomic E-state index is 5.49. The molecule has 1 atom stereocenters. The molecule has 0 radical (unpaired) electrons. The monoisotopic (exact) mass is 233 g/mol. The number of aryl methyl sites for hydroxylation is 1. The largest absolute Gasteiger partial charge is 0.454 e. The molecule has 1 saturated heterocycles. The lowest BCUT2D eigenvalue weighted by atomic mass is 9.87. The summed E-state index contributed by atoms with van der Waals surface area (Å²) in [6.07, 6.45) is 3.60. The highest BCUT2D eigenvalue weighted by atomic mass is 16.7. The Labute approximate surface area is 102 Å². The molecule has 92 valence electrons. The number of ether oxygens (including phenoxy) is 2. The van der Waals surface area contributed by atoms with Gasteiger partial charge in [0.15, 0.2) is 11.5 Å².